The largest absolute Gasteiger partial charge is 0.497 e. The van der Waals surface area contributed by atoms with E-state index in [1.807, 2.05) is 17.1 Å². The Labute approximate surface area is 282 Å². The number of ether oxygens (including phenoxy) is 3. The molecule has 9 aliphatic rings. The second-order valence-corrected chi connectivity index (χ2v) is 16.6. The number of morpholine rings is 1. The summed E-state index contributed by atoms with van der Waals surface area (Å²) in [6, 6.07) is -0.647. The summed E-state index contributed by atoms with van der Waals surface area (Å²) in [4.78, 5) is 32.3. The Kier molecular flexibility index (Phi) is 6.83. The van der Waals surface area contributed by atoms with Crippen LogP contribution in [0.4, 0.5) is 13.2 Å². The van der Waals surface area contributed by atoms with Gasteiger partial charge in [0.2, 0.25) is 15.9 Å². The van der Waals surface area contributed by atoms with E-state index in [2.05, 4.69) is 11.0 Å². The average molecular weight is 702 g/mol. The Bertz CT molecular complexity index is 1860. The maximum Gasteiger partial charge on any atom is 0.404 e. The van der Waals surface area contributed by atoms with Gasteiger partial charge in [-0.05, 0) is 78.2 Å². The van der Waals surface area contributed by atoms with Gasteiger partial charge in [-0.25, -0.2) is 13.1 Å². The number of rotatable bonds is 6. The minimum atomic E-state index is -5.00. The van der Waals surface area contributed by atoms with Crippen LogP contribution in [0.5, 0.6) is 0 Å². The molecule has 4 aliphatic carbocycles. The molecule has 2 saturated carbocycles. The number of amides is 2. The van der Waals surface area contributed by atoms with E-state index in [4.69, 9.17) is 14.2 Å². The molecule has 0 aromatic heterocycles. The SMILES string of the molecule is COC1=CCC2=C3C(C4CCCCC4)=C4C=CC(C(=O)NS(=O)(=O)CC(F)(F)F)=CC4N3CC3(C(=O)N4C5COCC56OCC46)CC3C2=C1. The van der Waals surface area contributed by atoms with E-state index in [0.717, 1.165) is 60.3 Å². The number of likely N-dealkylation sites (tertiary alicyclic amines) is 1. The number of carbonyl (C=O) groups excluding carboxylic acids is 2. The quantitative estimate of drug-likeness (QED) is 0.448. The van der Waals surface area contributed by atoms with Crippen molar-refractivity contribution in [2.75, 3.05) is 39.2 Å². The lowest BCUT2D eigenvalue weighted by molar-refractivity contribution is -0.300. The number of hydrogen-bond acceptors (Lipinski definition) is 8. The highest BCUT2D eigenvalue weighted by Gasteiger charge is 2.76. The molecular formula is C35H38F3N3O7S. The van der Waals surface area contributed by atoms with Gasteiger partial charge in [0.15, 0.2) is 5.75 Å². The molecule has 0 bridgehead atoms. The van der Waals surface area contributed by atoms with Gasteiger partial charge in [-0.15, -0.1) is 0 Å². The van der Waals surface area contributed by atoms with E-state index in [0.29, 0.717) is 39.2 Å². The number of allylic oxidation sites excluding steroid dienone is 5. The van der Waals surface area contributed by atoms with Crippen LogP contribution in [0.3, 0.4) is 0 Å². The number of nitrogens with zero attached hydrogens (tertiary/aromatic N) is 2. The average Bonchev–Trinajstić information content (AvgIpc) is 3.52. The highest BCUT2D eigenvalue weighted by atomic mass is 32.2. The van der Waals surface area contributed by atoms with Crippen LogP contribution in [0.1, 0.15) is 44.9 Å². The summed E-state index contributed by atoms with van der Waals surface area (Å²) in [5, 5.41) is 0. The van der Waals surface area contributed by atoms with Crippen LogP contribution in [-0.4, -0.2) is 99.2 Å². The Morgan fingerprint density at radius 3 is 2.61 bits per heavy atom. The molecule has 6 atom stereocenters. The lowest BCUT2D eigenvalue weighted by atomic mass is 9.72. The van der Waals surface area contributed by atoms with Gasteiger partial charge in [-0.2, -0.15) is 13.2 Å². The molecule has 2 amide bonds. The van der Waals surface area contributed by atoms with E-state index in [1.165, 1.54) is 11.6 Å². The van der Waals surface area contributed by atoms with Gasteiger partial charge in [0.1, 0.15) is 11.4 Å². The molecule has 5 fully saturated rings. The molecule has 0 aromatic carbocycles. The van der Waals surface area contributed by atoms with Crippen LogP contribution < -0.4 is 4.72 Å². The third-order valence-electron chi connectivity index (χ3n) is 12.3. The number of sulfonamides is 1. The van der Waals surface area contributed by atoms with E-state index in [-0.39, 0.29) is 35.4 Å². The van der Waals surface area contributed by atoms with Crippen molar-refractivity contribution < 1.29 is 45.4 Å². The molecule has 1 spiro atoms. The summed E-state index contributed by atoms with van der Waals surface area (Å²) in [6.07, 6.45) is 10.7. The van der Waals surface area contributed by atoms with Gasteiger partial charge in [-0.1, -0.05) is 25.3 Å². The van der Waals surface area contributed by atoms with E-state index in [1.54, 1.807) is 17.9 Å². The van der Waals surface area contributed by atoms with Crippen LogP contribution in [0.15, 0.2) is 69.7 Å². The minimum absolute atomic E-state index is 0.0236. The van der Waals surface area contributed by atoms with Crippen molar-refractivity contribution in [3.63, 3.8) is 0 Å². The molecular weight excluding hydrogens is 663 g/mol. The van der Waals surface area contributed by atoms with Crippen molar-refractivity contribution in [1.29, 1.82) is 0 Å². The minimum Gasteiger partial charge on any atom is -0.497 e. The molecule has 5 heterocycles. The Hall–Kier alpha value is -3.36. The number of alkyl halides is 3. The number of methoxy groups -OCH3 is 1. The number of fused-ring (bicyclic) bond motifs is 6. The molecule has 1 N–H and O–H groups in total. The molecule has 10 nitrogen and oxygen atoms in total. The van der Waals surface area contributed by atoms with Crippen LogP contribution >= 0.6 is 0 Å². The zero-order valence-corrected chi connectivity index (χ0v) is 27.9. The van der Waals surface area contributed by atoms with Crippen LogP contribution in [0.25, 0.3) is 0 Å². The molecule has 0 radical (unpaired) electrons. The molecule has 0 aromatic rings. The third kappa shape index (κ3) is 4.61. The highest BCUT2D eigenvalue weighted by molar-refractivity contribution is 7.90. The molecule has 5 aliphatic heterocycles. The maximum atomic E-state index is 14.9. The van der Waals surface area contributed by atoms with Crippen molar-refractivity contribution in [2.24, 2.45) is 17.3 Å². The summed E-state index contributed by atoms with van der Waals surface area (Å²) in [7, 11) is -3.32. The topological polar surface area (TPSA) is 114 Å². The first-order valence-corrected chi connectivity index (χ1v) is 18.8. The van der Waals surface area contributed by atoms with Crippen molar-refractivity contribution in [3.05, 3.63) is 69.7 Å². The van der Waals surface area contributed by atoms with E-state index < -0.39 is 44.9 Å². The molecule has 14 heteroatoms. The standard InChI is InChI=1S/C35H38F3N3O7S/c1-46-21-8-10-22-24(12-21)25-13-33(25,32(43)41-27-14-47-17-34(27)28(41)15-48-34)16-40-26-11-20(31(42)39-49(44,45)18-35(36,37)38)7-9-23(26)29(30(22)40)19-5-3-2-4-6-19/h7-9,11-12,19,25-28H,2-6,10,13-18H2,1H3,(H,39,42). The van der Waals surface area contributed by atoms with Gasteiger partial charge in [0, 0.05) is 23.7 Å². The normalized spacial score (nSPS) is 36.0. The number of halogens is 3. The molecule has 262 valence electrons. The van der Waals surface area contributed by atoms with Gasteiger partial charge in [0.25, 0.3) is 5.91 Å². The third-order valence-corrected chi connectivity index (χ3v) is 13.5. The predicted molar refractivity (Wildman–Crippen MR) is 169 cm³/mol. The summed E-state index contributed by atoms with van der Waals surface area (Å²) in [6.45, 7) is 1.78. The van der Waals surface area contributed by atoms with Crippen molar-refractivity contribution in [2.45, 2.75) is 74.8 Å². The van der Waals surface area contributed by atoms with Crippen molar-refractivity contribution in [3.8, 4) is 0 Å². The van der Waals surface area contributed by atoms with Crippen molar-refractivity contribution in [1.82, 2.24) is 14.5 Å². The predicted octanol–water partition coefficient (Wildman–Crippen LogP) is 3.57. The van der Waals surface area contributed by atoms with Crippen LogP contribution in [-0.2, 0) is 33.8 Å². The smallest absolute Gasteiger partial charge is 0.404 e. The maximum absolute atomic E-state index is 14.9. The van der Waals surface area contributed by atoms with Gasteiger partial charge < -0.3 is 24.0 Å². The number of hydrogen-bond donors (Lipinski definition) is 1. The zero-order chi connectivity index (χ0) is 34.1. The molecule has 3 saturated heterocycles. The lowest BCUT2D eigenvalue weighted by Gasteiger charge is -2.66. The number of nitrogens with one attached hydrogen (secondary N) is 1. The highest BCUT2D eigenvalue weighted by Crippen LogP contribution is 2.67. The van der Waals surface area contributed by atoms with Crippen LogP contribution in [0, 0.1) is 17.3 Å². The molecule has 6 unspecified atom stereocenters. The fourth-order valence-electron chi connectivity index (χ4n) is 9.97. The summed E-state index contributed by atoms with van der Waals surface area (Å²) in [5.41, 5.74) is 4.29. The monoisotopic (exact) mass is 701 g/mol. The van der Waals surface area contributed by atoms with E-state index >= 15 is 0 Å². The fraction of sp³-hybridized carbons (Fsp3) is 0.600. The lowest BCUT2D eigenvalue weighted by Crippen LogP contribution is -2.86. The first-order valence-electron chi connectivity index (χ1n) is 17.1. The van der Waals surface area contributed by atoms with Crippen molar-refractivity contribution >= 4 is 21.8 Å². The zero-order valence-electron chi connectivity index (χ0n) is 27.1. The summed E-state index contributed by atoms with van der Waals surface area (Å²) in [5.74, 6) is -2.22. The Balaban J connectivity index is 1.13. The first kappa shape index (κ1) is 31.6. The summed E-state index contributed by atoms with van der Waals surface area (Å²) >= 11 is 0. The van der Waals surface area contributed by atoms with Gasteiger partial charge in [-0.3, -0.25) is 9.59 Å². The second-order valence-electron chi connectivity index (χ2n) is 14.9. The van der Waals surface area contributed by atoms with Gasteiger partial charge in [0.05, 0.1) is 50.5 Å². The molecule has 9 rings (SSSR count). The number of carbonyl (C=O) groups is 2. The molecule has 49 heavy (non-hydrogen) atoms. The van der Waals surface area contributed by atoms with Crippen LogP contribution in [0.2, 0.25) is 0 Å². The summed E-state index contributed by atoms with van der Waals surface area (Å²) < 4.78 is 82.5. The second kappa shape index (κ2) is 10.6. The Morgan fingerprint density at radius 1 is 1.12 bits per heavy atom. The Morgan fingerprint density at radius 2 is 1.90 bits per heavy atom. The van der Waals surface area contributed by atoms with Gasteiger partial charge >= 0.3 is 6.18 Å². The fourth-order valence-corrected chi connectivity index (χ4v) is 10.9. The first-order chi connectivity index (χ1) is 23.4. The van der Waals surface area contributed by atoms with E-state index in [9.17, 15) is 31.2 Å².